The normalized spacial score (nSPS) is 22.2. The first-order valence-electron chi connectivity index (χ1n) is 8.89. The molecule has 1 aliphatic carbocycles. The Hall–Kier alpha value is -2.16. The van der Waals surface area contributed by atoms with Crippen molar-refractivity contribution in [3.8, 4) is 17.2 Å². The Balaban J connectivity index is 2.14. The zero-order chi connectivity index (χ0) is 18.1. The summed E-state index contributed by atoms with van der Waals surface area (Å²) >= 11 is 0. The molecular weight excluding hydrogens is 312 g/mol. The van der Waals surface area contributed by atoms with E-state index in [4.69, 9.17) is 14.2 Å². The standard InChI is InChI=1S/C22H28O3/c1-13-9-17-12-20(24-5)14(2)10-18(17)22(15(13)3)16-7-8-19(23-4)21(11-16)25-6/h7-8,10-13,15,22H,9H2,1-6H3. The molecule has 25 heavy (non-hydrogen) atoms. The third kappa shape index (κ3) is 3.08. The second-order valence-electron chi connectivity index (χ2n) is 7.15. The van der Waals surface area contributed by atoms with Gasteiger partial charge in [-0.15, -0.1) is 0 Å². The third-order valence-electron chi connectivity index (χ3n) is 5.72. The molecule has 0 radical (unpaired) electrons. The summed E-state index contributed by atoms with van der Waals surface area (Å²) < 4.78 is 16.5. The Bertz CT molecular complexity index is 766. The maximum absolute atomic E-state index is 5.54. The van der Waals surface area contributed by atoms with Crippen molar-refractivity contribution in [1.82, 2.24) is 0 Å². The highest BCUT2D eigenvalue weighted by Crippen LogP contribution is 2.46. The molecule has 0 spiro atoms. The van der Waals surface area contributed by atoms with E-state index in [-0.39, 0.29) is 0 Å². The van der Waals surface area contributed by atoms with E-state index in [1.165, 1.54) is 22.3 Å². The highest BCUT2D eigenvalue weighted by atomic mass is 16.5. The van der Waals surface area contributed by atoms with Crippen molar-refractivity contribution >= 4 is 0 Å². The Kier molecular flexibility index (Phi) is 4.94. The van der Waals surface area contributed by atoms with Crippen LogP contribution in [0.25, 0.3) is 0 Å². The van der Waals surface area contributed by atoms with E-state index in [0.29, 0.717) is 17.8 Å². The van der Waals surface area contributed by atoms with Gasteiger partial charge in [-0.2, -0.15) is 0 Å². The minimum atomic E-state index is 0.350. The van der Waals surface area contributed by atoms with Gasteiger partial charge in [0.25, 0.3) is 0 Å². The van der Waals surface area contributed by atoms with E-state index < -0.39 is 0 Å². The van der Waals surface area contributed by atoms with Gasteiger partial charge in [0.05, 0.1) is 21.3 Å². The topological polar surface area (TPSA) is 27.7 Å². The highest BCUT2D eigenvalue weighted by Gasteiger charge is 2.33. The van der Waals surface area contributed by atoms with Crippen molar-refractivity contribution in [2.75, 3.05) is 21.3 Å². The summed E-state index contributed by atoms with van der Waals surface area (Å²) in [6, 6.07) is 10.8. The molecule has 3 nitrogen and oxygen atoms in total. The predicted octanol–water partition coefficient (Wildman–Crippen LogP) is 4.98. The lowest BCUT2D eigenvalue weighted by atomic mass is 9.67. The molecule has 0 saturated carbocycles. The van der Waals surface area contributed by atoms with Crippen molar-refractivity contribution in [2.45, 2.75) is 33.1 Å². The van der Waals surface area contributed by atoms with Gasteiger partial charge in [0.1, 0.15) is 5.75 Å². The number of methoxy groups -OCH3 is 3. The SMILES string of the molecule is COc1cc2c(cc1C)C(c1ccc(OC)c(OC)c1)C(C)C(C)C2. The summed E-state index contributed by atoms with van der Waals surface area (Å²) in [5.74, 6) is 4.05. The lowest BCUT2D eigenvalue weighted by Crippen LogP contribution is -2.27. The average molecular weight is 340 g/mol. The molecule has 2 aromatic carbocycles. The zero-order valence-corrected chi connectivity index (χ0v) is 16.1. The molecule has 0 aromatic heterocycles. The number of aryl methyl sites for hydroxylation is 1. The van der Waals surface area contributed by atoms with Crippen molar-refractivity contribution in [3.63, 3.8) is 0 Å². The van der Waals surface area contributed by atoms with Crippen molar-refractivity contribution < 1.29 is 14.2 Å². The summed E-state index contributed by atoms with van der Waals surface area (Å²) in [7, 11) is 5.11. The summed E-state index contributed by atoms with van der Waals surface area (Å²) in [6.07, 6.45) is 1.09. The molecular formula is C22H28O3. The van der Waals surface area contributed by atoms with Crippen molar-refractivity contribution in [1.29, 1.82) is 0 Å². The lowest BCUT2D eigenvalue weighted by molar-refractivity contribution is 0.321. The molecule has 3 heteroatoms. The van der Waals surface area contributed by atoms with E-state index in [1.54, 1.807) is 21.3 Å². The Morgan fingerprint density at radius 3 is 2.16 bits per heavy atom. The summed E-state index contributed by atoms with van der Waals surface area (Å²) in [5.41, 5.74) is 5.28. The number of ether oxygens (including phenoxy) is 3. The predicted molar refractivity (Wildman–Crippen MR) is 101 cm³/mol. The molecule has 0 saturated heterocycles. The van der Waals surface area contributed by atoms with Crippen LogP contribution in [0.5, 0.6) is 17.2 Å². The largest absolute Gasteiger partial charge is 0.496 e. The van der Waals surface area contributed by atoms with Crippen LogP contribution in [0.2, 0.25) is 0 Å². The maximum atomic E-state index is 5.54. The molecule has 0 bridgehead atoms. The van der Waals surface area contributed by atoms with Crippen LogP contribution in [0.3, 0.4) is 0 Å². The third-order valence-corrected chi connectivity index (χ3v) is 5.72. The fraction of sp³-hybridized carbons (Fsp3) is 0.455. The van der Waals surface area contributed by atoms with Gasteiger partial charge in [-0.25, -0.2) is 0 Å². The molecule has 0 amide bonds. The molecule has 134 valence electrons. The fourth-order valence-electron chi connectivity index (χ4n) is 4.11. The number of rotatable bonds is 4. The first-order valence-corrected chi connectivity index (χ1v) is 8.89. The fourth-order valence-corrected chi connectivity index (χ4v) is 4.11. The first kappa shape index (κ1) is 17.7. The smallest absolute Gasteiger partial charge is 0.161 e. The molecule has 0 aliphatic heterocycles. The minimum Gasteiger partial charge on any atom is -0.496 e. The molecule has 0 N–H and O–H groups in total. The lowest BCUT2D eigenvalue weighted by Gasteiger charge is -2.37. The molecule has 3 rings (SSSR count). The van der Waals surface area contributed by atoms with Crippen LogP contribution in [-0.4, -0.2) is 21.3 Å². The Morgan fingerprint density at radius 1 is 0.840 bits per heavy atom. The van der Waals surface area contributed by atoms with Crippen LogP contribution in [0.15, 0.2) is 30.3 Å². The maximum Gasteiger partial charge on any atom is 0.161 e. The molecule has 0 heterocycles. The van der Waals surface area contributed by atoms with Crippen LogP contribution < -0.4 is 14.2 Å². The first-order chi connectivity index (χ1) is 12.0. The minimum absolute atomic E-state index is 0.350. The second-order valence-corrected chi connectivity index (χ2v) is 7.15. The van der Waals surface area contributed by atoms with Crippen LogP contribution in [0.1, 0.15) is 42.0 Å². The van der Waals surface area contributed by atoms with Gasteiger partial charge in [-0.05, 0) is 65.6 Å². The molecule has 0 fully saturated rings. The van der Waals surface area contributed by atoms with Gasteiger partial charge < -0.3 is 14.2 Å². The number of hydrogen-bond acceptors (Lipinski definition) is 3. The summed E-state index contributed by atoms with van der Waals surface area (Å²) in [4.78, 5) is 0. The van der Waals surface area contributed by atoms with E-state index in [1.807, 2.05) is 6.07 Å². The van der Waals surface area contributed by atoms with Gasteiger partial charge in [-0.1, -0.05) is 26.0 Å². The van der Waals surface area contributed by atoms with Crippen LogP contribution in [0, 0.1) is 18.8 Å². The van der Waals surface area contributed by atoms with Crippen molar-refractivity contribution in [2.24, 2.45) is 11.8 Å². The number of hydrogen-bond donors (Lipinski definition) is 0. The molecule has 3 atom stereocenters. The zero-order valence-electron chi connectivity index (χ0n) is 16.1. The average Bonchev–Trinajstić information content (AvgIpc) is 2.62. The monoisotopic (exact) mass is 340 g/mol. The summed E-state index contributed by atoms with van der Waals surface area (Å²) in [6.45, 7) is 6.82. The van der Waals surface area contributed by atoms with E-state index in [2.05, 4.69) is 45.0 Å². The molecule has 2 aromatic rings. The Morgan fingerprint density at radius 2 is 1.52 bits per heavy atom. The van der Waals surface area contributed by atoms with Crippen LogP contribution in [-0.2, 0) is 6.42 Å². The van der Waals surface area contributed by atoms with Gasteiger partial charge in [-0.3, -0.25) is 0 Å². The Labute approximate surface area is 150 Å². The second kappa shape index (κ2) is 6.99. The molecule has 3 unspecified atom stereocenters. The van der Waals surface area contributed by atoms with E-state index in [0.717, 1.165) is 23.7 Å². The van der Waals surface area contributed by atoms with Crippen molar-refractivity contribution in [3.05, 3.63) is 52.6 Å². The van der Waals surface area contributed by atoms with Crippen LogP contribution >= 0.6 is 0 Å². The van der Waals surface area contributed by atoms with Gasteiger partial charge in [0.15, 0.2) is 11.5 Å². The molecule has 1 aliphatic rings. The highest BCUT2D eigenvalue weighted by molar-refractivity contribution is 5.51. The number of benzene rings is 2. The van der Waals surface area contributed by atoms with E-state index >= 15 is 0 Å². The van der Waals surface area contributed by atoms with Gasteiger partial charge in [0, 0.05) is 5.92 Å². The summed E-state index contributed by atoms with van der Waals surface area (Å²) in [5, 5.41) is 0. The van der Waals surface area contributed by atoms with Gasteiger partial charge >= 0.3 is 0 Å². The van der Waals surface area contributed by atoms with E-state index in [9.17, 15) is 0 Å². The van der Waals surface area contributed by atoms with Gasteiger partial charge in [0.2, 0.25) is 0 Å². The van der Waals surface area contributed by atoms with Crippen LogP contribution in [0.4, 0.5) is 0 Å². The number of fused-ring (bicyclic) bond motifs is 1. The quantitative estimate of drug-likeness (QED) is 0.785.